The summed E-state index contributed by atoms with van der Waals surface area (Å²) in [6.45, 7) is 0. The molecule has 1 aliphatic heterocycles. The number of hydrogen-bond acceptors (Lipinski definition) is 6. The van der Waals surface area contributed by atoms with E-state index in [4.69, 9.17) is 16.3 Å². The summed E-state index contributed by atoms with van der Waals surface area (Å²) in [6, 6.07) is -0.259. The number of pyridine rings is 1. The number of nitrogens with one attached hydrogen (secondary N) is 1. The largest absolute Gasteiger partial charge is 0.433 e. The van der Waals surface area contributed by atoms with Crippen LogP contribution in [0.15, 0.2) is 41.4 Å². The van der Waals surface area contributed by atoms with Gasteiger partial charge in [-0.3, -0.25) is 4.90 Å². The molecule has 0 aliphatic carbocycles. The molecular formula is C17H10ClF7N4O2S. The van der Waals surface area contributed by atoms with Crippen molar-refractivity contribution < 1.29 is 40.3 Å². The summed E-state index contributed by atoms with van der Waals surface area (Å²) in [4.78, 5) is 20.1. The molecule has 0 fully saturated rings. The molecule has 0 radical (unpaired) electrons. The van der Waals surface area contributed by atoms with E-state index < -0.39 is 52.5 Å². The predicted octanol–water partition coefficient (Wildman–Crippen LogP) is 5.54. The second kappa shape index (κ2) is 8.58. The highest BCUT2D eigenvalue weighted by Gasteiger charge is 2.43. The first-order chi connectivity index (χ1) is 14.8. The van der Waals surface area contributed by atoms with Crippen LogP contribution < -0.4 is 10.1 Å². The van der Waals surface area contributed by atoms with Gasteiger partial charge in [0.15, 0.2) is 11.3 Å². The van der Waals surface area contributed by atoms with Gasteiger partial charge in [-0.2, -0.15) is 26.3 Å². The molecule has 6 nitrogen and oxygen atoms in total. The van der Waals surface area contributed by atoms with Crippen molar-refractivity contribution in [3.8, 4) is 16.5 Å². The number of hydrogen-bond donors (Lipinski definition) is 1. The summed E-state index contributed by atoms with van der Waals surface area (Å²) in [7, 11) is 1.07. The summed E-state index contributed by atoms with van der Waals surface area (Å²) >= 11 is 6.35. The molecule has 0 saturated carbocycles. The quantitative estimate of drug-likeness (QED) is 0.339. The Morgan fingerprint density at radius 3 is 2.44 bits per heavy atom. The van der Waals surface area contributed by atoms with Gasteiger partial charge in [0, 0.05) is 18.6 Å². The van der Waals surface area contributed by atoms with Crippen molar-refractivity contribution in [3.63, 3.8) is 0 Å². The topological polar surface area (TPSA) is 67.4 Å². The maximum Gasteiger partial charge on any atom is 0.433 e. The summed E-state index contributed by atoms with van der Waals surface area (Å²) in [5, 5.41) is 3.31. The van der Waals surface area contributed by atoms with E-state index in [-0.39, 0.29) is 16.9 Å². The van der Waals surface area contributed by atoms with Gasteiger partial charge in [-0.25, -0.2) is 19.2 Å². The number of halogens is 8. The number of nitrogens with zero attached hydrogens (tertiary/aromatic N) is 3. The van der Waals surface area contributed by atoms with Crippen molar-refractivity contribution in [1.82, 2.24) is 20.2 Å². The van der Waals surface area contributed by atoms with Gasteiger partial charge in [0.05, 0.1) is 0 Å². The second-order valence-electron chi connectivity index (χ2n) is 6.10. The fourth-order valence-corrected chi connectivity index (χ4v) is 3.24. The number of aromatic nitrogens is 2. The third kappa shape index (κ3) is 4.96. The molecule has 1 aliphatic rings. The average Bonchev–Trinajstić information content (AvgIpc) is 3.22. The molecule has 172 valence electrons. The highest BCUT2D eigenvalue weighted by atomic mass is 35.5. The van der Waals surface area contributed by atoms with Gasteiger partial charge in [-0.05, 0) is 18.2 Å². The Morgan fingerprint density at radius 1 is 1.22 bits per heavy atom. The Morgan fingerprint density at radius 2 is 1.91 bits per heavy atom. The fourth-order valence-electron chi connectivity index (χ4n) is 2.43. The molecule has 2 aromatic rings. The van der Waals surface area contributed by atoms with Gasteiger partial charge in [0.25, 0.3) is 0 Å². The first-order valence-corrected chi connectivity index (χ1v) is 9.63. The number of thiazole rings is 1. The zero-order chi connectivity index (χ0) is 23.8. The van der Waals surface area contributed by atoms with Crippen molar-refractivity contribution in [3.05, 3.63) is 52.7 Å². The van der Waals surface area contributed by atoms with E-state index >= 15 is 0 Å². The number of carbonyl (C=O) groups is 1. The molecule has 0 bridgehead atoms. The summed E-state index contributed by atoms with van der Waals surface area (Å²) in [5.41, 5.74) is -5.99. The van der Waals surface area contributed by atoms with Gasteiger partial charge < -0.3 is 10.1 Å². The lowest BCUT2D eigenvalue weighted by Gasteiger charge is -2.26. The smallest absolute Gasteiger partial charge is 0.407 e. The standard InChI is InChI=1S/C17H10ClF7N4O2S/c1-29(10-3-2-8(19)13(18)28-10)15(30)31-12-7(16(20,21)22)6-9(17(23,24)25)27-11(12)14-26-4-5-32-14/h2-6,13,28H,1H3. The Balaban J connectivity index is 2.09. The van der Waals surface area contributed by atoms with Crippen molar-refractivity contribution in [1.29, 1.82) is 0 Å². The average molecular weight is 503 g/mol. The maximum absolute atomic E-state index is 13.6. The molecule has 1 unspecified atom stereocenters. The Hall–Kier alpha value is -2.87. The third-order valence-corrected chi connectivity index (χ3v) is 5.04. The lowest BCUT2D eigenvalue weighted by atomic mass is 10.1. The number of carbonyl (C=O) groups excluding carboxylic acids is 1. The normalized spacial score (nSPS) is 16.7. The lowest BCUT2D eigenvalue weighted by Crippen LogP contribution is -2.40. The predicted molar refractivity (Wildman–Crippen MR) is 99.2 cm³/mol. The van der Waals surface area contributed by atoms with E-state index in [0.717, 1.165) is 25.4 Å². The van der Waals surface area contributed by atoms with Gasteiger partial charge in [0.2, 0.25) is 0 Å². The van der Waals surface area contributed by atoms with Gasteiger partial charge >= 0.3 is 18.4 Å². The monoisotopic (exact) mass is 502 g/mol. The van der Waals surface area contributed by atoms with Crippen LogP contribution in [-0.4, -0.2) is 33.5 Å². The molecule has 0 saturated heterocycles. The molecule has 15 heteroatoms. The number of ether oxygens (including phenoxy) is 1. The molecule has 1 atom stereocenters. The van der Waals surface area contributed by atoms with Gasteiger partial charge in [-0.1, -0.05) is 11.6 Å². The van der Waals surface area contributed by atoms with Crippen LogP contribution >= 0.6 is 22.9 Å². The molecule has 2 aromatic heterocycles. The summed E-state index contributed by atoms with van der Waals surface area (Å²) in [5.74, 6) is -2.19. The van der Waals surface area contributed by atoms with E-state index in [1.54, 1.807) is 0 Å². The van der Waals surface area contributed by atoms with Crippen LogP contribution in [0.1, 0.15) is 11.3 Å². The SMILES string of the molecule is CN(C(=O)Oc1c(C(F)(F)F)cc(C(F)(F)F)nc1-c1nccs1)C1=CC=C(F)C(Cl)N1. The molecule has 0 spiro atoms. The van der Waals surface area contributed by atoms with E-state index in [1.165, 1.54) is 5.38 Å². The van der Waals surface area contributed by atoms with Crippen LogP contribution in [0, 0.1) is 0 Å². The number of dihydropyridines is 1. The zero-order valence-electron chi connectivity index (χ0n) is 15.6. The van der Waals surface area contributed by atoms with Crippen LogP contribution in [0.3, 0.4) is 0 Å². The van der Waals surface area contributed by atoms with Gasteiger partial charge in [-0.15, -0.1) is 11.3 Å². The number of amides is 1. The minimum absolute atomic E-state index is 0.138. The third-order valence-electron chi connectivity index (χ3n) is 3.95. The molecule has 1 N–H and O–H groups in total. The van der Waals surface area contributed by atoms with E-state index in [0.29, 0.717) is 16.2 Å². The lowest BCUT2D eigenvalue weighted by molar-refractivity contribution is -0.145. The highest BCUT2D eigenvalue weighted by molar-refractivity contribution is 7.13. The Labute approximate surface area is 184 Å². The van der Waals surface area contributed by atoms with E-state index in [9.17, 15) is 35.5 Å². The highest BCUT2D eigenvalue weighted by Crippen LogP contribution is 2.44. The van der Waals surface area contributed by atoms with Crippen LogP contribution in [0.2, 0.25) is 0 Å². The number of rotatable bonds is 3. The fraction of sp³-hybridized carbons (Fsp3) is 0.235. The minimum atomic E-state index is -5.33. The van der Waals surface area contributed by atoms with Crippen molar-refractivity contribution >= 4 is 29.0 Å². The first kappa shape index (κ1) is 23.8. The molecule has 0 aromatic carbocycles. The minimum Gasteiger partial charge on any atom is -0.407 e. The number of allylic oxidation sites excluding steroid dienone is 2. The van der Waals surface area contributed by atoms with Crippen molar-refractivity contribution in [2.24, 2.45) is 0 Å². The molecule has 3 heterocycles. The van der Waals surface area contributed by atoms with Crippen LogP contribution in [-0.2, 0) is 12.4 Å². The first-order valence-electron chi connectivity index (χ1n) is 8.32. The van der Waals surface area contributed by atoms with Gasteiger partial charge in [0.1, 0.15) is 33.6 Å². The second-order valence-corrected chi connectivity index (χ2v) is 7.43. The van der Waals surface area contributed by atoms with E-state index in [2.05, 4.69) is 15.3 Å². The maximum atomic E-state index is 13.6. The molecule has 1 amide bonds. The zero-order valence-corrected chi connectivity index (χ0v) is 17.1. The van der Waals surface area contributed by atoms with E-state index in [1.807, 2.05) is 0 Å². The Bertz CT molecular complexity index is 1080. The van der Waals surface area contributed by atoms with Crippen LogP contribution in [0.4, 0.5) is 35.5 Å². The Kier molecular flexibility index (Phi) is 6.38. The molecular weight excluding hydrogens is 493 g/mol. The summed E-state index contributed by atoms with van der Waals surface area (Å²) < 4.78 is 98.6. The summed E-state index contributed by atoms with van der Waals surface area (Å²) in [6.07, 6.45) is -8.88. The molecule has 32 heavy (non-hydrogen) atoms. The van der Waals surface area contributed by atoms with Crippen molar-refractivity contribution in [2.75, 3.05) is 7.05 Å². The van der Waals surface area contributed by atoms with Crippen molar-refractivity contribution in [2.45, 2.75) is 17.9 Å². The van der Waals surface area contributed by atoms with Crippen LogP contribution in [0.5, 0.6) is 5.75 Å². The number of alkyl halides is 7. The van der Waals surface area contributed by atoms with Crippen LogP contribution in [0.25, 0.3) is 10.7 Å². The molecule has 3 rings (SSSR count).